The van der Waals surface area contributed by atoms with Gasteiger partial charge in [-0.15, -0.1) is 6.42 Å². The van der Waals surface area contributed by atoms with Gasteiger partial charge < -0.3 is 5.32 Å². The highest BCUT2D eigenvalue weighted by Crippen LogP contribution is 2.16. The van der Waals surface area contributed by atoms with Crippen molar-refractivity contribution in [1.82, 2.24) is 0 Å². The number of carbonyl (C=O) groups is 1. The Labute approximate surface area is 117 Å². The normalized spacial score (nSPS) is 9.90. The molecule has 0 aliphatic heterocycles. The molecule has 0 saturated heterocycles. The minimum absolute atomic E-state index is 0.292. The Morgan fingerprint density at radius 2 is 1.90 bits per heavy atom. The number of halogens is 1. The van der Waals surface area contributed by atoms with Gasteiger partial charge in [0.25, 0.3) is 5.91 Å². The van der Waals surface area contributed by atoms with Crippen molar-refractivity contribution in [3.63, 3.8) is 0 Å². The summed E-state index contributed by atoms with van der Waals surface area (Å²) in [5, 5.41) is 2.75. The molecule has 2 rings (SSSR count). The van der Waals surface area contributed by atoms with Crippen LogP contribution in [0.1, 0.15) is 27.0 Å². The summed E-state index contributed by atoms with van der Waals surface area (Å²) in [6.07, 6.45) is 5.39. The van der Waals surface area contributed by atoms with E-state index in [1.165, 1.54) is 18.2 Å². The van der Waals surface area contributed by atoms with Crippen LogP contribution in [0, 0.1) is 32.0 Å². The fourth-order valence-electron chi connectivity index (χ4n) is 1.84. The highest BCUT2D eigenvalue weighted by molar-refractivity contribution is 6.04. The molecular formula is C17H14FNO. The van der Waals surface area contributed by atoms with Crippen LogP contribution >= 0.6 is 0 Å². The van der Waals surface area contributed by atoms with Crippen LogP contribution < -0.4 is 5.32 Å². The van der Waals surface area contributed by atoms with Crippen LogP contribution in [0.2, 0.25) is 0 Å². The molecule has 20 heavy (non-hydrogen) atoms. The van der Waals surface area contributed by atoms with Gasteiger partial charge in [0, 0.05) is 16.8 Å². The summed E-state index contributed by atoms with van der Waals surface area (Å²) in [6.45, 7) is 3.53. The summed E-state index contributed by atoms with van der Waals surface area (Å²) in [4.78, 5) is 12.1. The number of benzene rings is 2. The lowest BCUT2D eigenvalue weighted by molar-refractivity contribution is 0.102. The number of carbonyl (C=O) groups excluding carboxylic acids is 1. The first-order valence-electron chi connectivity index (χ1n) is 6.16. The highest BCUT2D eigenvalue weighted by Gasteiger charge is 2.08. The van der Waals surface area contributed by atoms with Crippen molar-refractivity contribution in [3.8, 4) is 12.3 Å². The number of rotatable bonds is 2. The third-order valence-corrected chi connectivity index (χ3v) is 3.07. The van der Waals surface area contributed by atoms with Crippen LogP contribution in [-0.4, -0.2) is 5.91 Å². The van der Waals surface area contributed by atoms with E-state index in [0.717, 1.165) is 11.1 Å². The molecule has 0 aliphatic rings. The van der Waals surface area contributed by atoms with Crippen molar-refractivity contribution in [1.29, 1.82) is 0 Å². The molecular weight excluding hydrogens is 253 g/mol. The van der Waals surface area contributed by atoms with Crippen molar-refractivity contribution in [2.75, 3.05) is 5.32 Å². The van der Waals surface area contributed by atoms with E-state index in [4.69, 9.17) is 6.42 Å². The molecule has 0 radical (unpaired) electrons. The molecule has 1 amide bonds. The SMILES string of the molecule is C#Cc1cc(NC(=O)c2ccc(F)c(C)c2)ccc1C. The number of terminal acetylenes is 1. The number of hydrogen-bond acceptors (Lipinski definition) is 1. The maximum absolute atomic E-state index is 13.2. The van der Waals surface area contributed by atoms with Crippen molar-refractivity contribution >= 4 is 11.6 Å². The smallest absolute Gasteiger partial charge is 0.255 e. The first kappa shape index (κ1) is 13.8. The van der Waals surface area contributed by atoms with E-state index in [0.29, 0.717) is 16.8 Å². The summed E-state index contributed by atoms with van der Waals surface area (Å²) in [5.74, 6) is 1.95. The number of anilines is 1. The average molecular weight is 267 g/mol. The maximum atomic E-state index is 13.2. The van der Waals surface area contributed by atoms with E-state index in [1.807, 2.05) is 13.0 Å². The fourth-order valence-corrected chi connectivity index (χ4v) is 1.84. The Balaban J connectivity index is 2.23. The molecule has 0 spiro atoms. The Hall–Kier alpha value is -2.60. The summed E-state index contributed by atoms with van der Waals surface area (Å²) in [7, 11) is 0. The van der Waals surface area contributed by atoms with E-state index >= 15 is 0 Å². The van der Waals surface area contributed by atoms with Crippen LogP contribution in [0.15, 0.2) is 36.4 Å². The zero-order chi connectivity index (χ0) is 14.7. The van der Waals surface area contributed by atoms with Gasteiger partial charge in [-0.05, 0) is 55.3 Å². The molecule has 0 aromatic heterocycles. The standard InChI is InChI=1S/C17H14FNO/c1-4-13-10-15(7-5-11(13)2)19-17(20)14-6-8-16(18)12(3)9-14/h1,5-10H,2-3H3,(H,19,20). The minimum atomic E-state index is -0.327. The highest BCUT2D eigenvalue weighted by atomic mass is 19.1. The summed E-state index contributed by atoms with van der Waals surface area (Å²) < 4.78 is 13.2. The summed E-state index contributed by atoms with van der Waals surface area (Å²) in [5.41, 5.74) is 3.18. The Morgan fingerprint density at radius 3 is 2.55 bits per heavy atom. The van der Waals surface area contributed by atoms with Gasteiger partial charge in [-0.1, -0.05) is 12.0 Å². The van der Waals surface area contributed by atoms with Crippen LogP contribution in [0.25, 0.3) is 0 Å². The Kier molecular flexibility index (Phi) is 3.86. The van der Waals surface area contributed by atoms with Crippen LogP contribution in [-0.2, 0) is 0 Å². The molecule has 3 heteroatoms. The predicted octanol–water partition coefficient (Wildman–Crippen LogP) is 3.68. The zero-order valence-corrected chi connectivity index (χ0v) is 11.3. The lowest BCUT2D eigenvalue weighted by Gasteiger charge is -2.08. The molecule has 1 N–H and O–H groups in total. The molecule has 0 aliphatic carbocycles. The molecule has 2 aromatic carbocycles. The lowest BCUT2D eigenvalue weighted by atomic mass is 10.1. The van der Waals surface area contributed by atoms with Crippen LogP contribution in [0.3, 0.4) is 0 Å². The van der Waals surface area contributed by atoms with Gasteiger partial charge in [0.2, 0.25) is 0 Å². The first-order chi connectivity index (χ1) is 9.51. The molecule has 0 fully saturated rings. The largest absolute Gasteiger partial charge is 0.322 e. The molecule has 0 bridgehead atoms. The zero-order valence-electron chi connectivity index (χ0n) is 11.3. The number of amides is 1. The lowest BCUT2D eigenvalue weighted by Crippen LogP contribution is -2.12. The first-order valence-corrected chi connectivity index (χ1v) is 6.16. The van der Waals surface area contributed by atoms with Gasteiger partial charge in [0.15, 0.2) is 0 Å². The quantitative estimate of drug-likeness (QED) is 0.826. The van der Waals surface area contributed by atoms with Crippen LogP contribution in [0.4, 0.5) is 10.1 Å². The molecule has 0 heterocycles. The Morgan fingerprint density at radius 1 is 1.15 bits per heavy atom. The van der Waals surface area contributed by atoms with E-state index in [2.05, 4.69) is 11.2 Å². The average Bonchev–Trinajstić information content (AvgIpc) is 2.43. The molecule has 0 saturated carbocycles. The van der Waals surface area contributed by atoms with Gasteiger partial charge in [0.1, 0.15) is 5.82 Å². The maximum Gasteiger partial charge on any atom is 0.255 e. The third-order valence-electron chi connectivity index (χ3n) is 3.07. The molecule has 0 unspecified atom stereocenters. The van der Waals surface area contributed by atoms with E-state index < -0.39 is 0 Å². The van der Waals surface area contributed by atoms with Crippen molar-refractivity contribution in [2.45, 2.75) is 13.8 Å². The van der Waals surface area contributed by atoms with Gasteiger partial charge in [0.05, 0.1) is 0 Å². The monoisotopic (exact) mass is 267 g/mol. The summed E-state index contributed by atoms with van der Waals surface area (Å²) in [6, 6.07) is 9.62. The minimum Gasteiger partial charge on any atom is -0.322 e. The number of hydrogen-bond donors (Lipinski definition) is 1. The Bertz CT molecular complexity index is 713. The van der Waals surface area contributed by atoms with Gasteiger partial charge >= 0.3 is 0 Å². The van der Waals surface area contributed by atoms with Gasteiger partial charge in [-0.3, -0.25) is 4.79 Å². The molecule has 2 aromatic rings. The van der Waals surface area contributed by atoms with E-state index in [-0.39, 0.29) is 11.7 Å². The van der Waals surface area contributed by atoms with E-state index in [9.17, 15) is 9.18 Å². The number of aryl methyl sites for hydroxylation is 2. The summed E-state index contributed by atoms with van der Waals surface area (Å²) >= 11 is 0. The van der Waals surface area contributed by atoms with Crippen LogP contribution in [0.5, 0.6) is 0 Å². The second-order valence-electron chi connectivity index (χ2n) is 4.59. The molecule has 100 valence electrons. The molecule has 2 nitrogen and oxygen atoms in total. The van der Waals surface area contributed by atoms with Crippen molar-refractivity contribution in [3.05, 3.63) is 64.5 Å². The second-order valence-corrected chi connectivity index (χ2v) is 4.59. The topological polar surface area (TPSA) is 29.1 Å². The second kappa shape index (κ2) is 5.58. The molecule has 0 atom stereocenters. The van der Waals surface area contributed by atoms with Gasteiger partial charge in [-0.2, -0.15) is 0 Å². The number of nitrogens with one attached hydrogen (secondary N) is 1. The third kappa shape index (κ3) is 2.86. The van der Waals surface area contributed by atoms with Crippen molar-refractivity contribution < 1.29 is 9.18 Å². The van der Waals surface area contributed by atoms with E-state index in [1.54, 1.807) is 19.1 Å². The predicted molar refractivity (Wildman–Crippen MR) is 78.2 cm³/mol. The fraction of sp³-hybridized carbons (Fsp3) is 0.118. The van der Waals surface area contributed by atoms with Gasteiger partial charge in [-0.25, -0.2) is 4.39 Å². The van der Waals surface area contributed by atoms with Crippen molar-refractivity contribution in [2.24, 2.45) is 0 Å².